The summed E-state index contributed by atoms with van der Waals surface area (Å²) >= 11 is 0. The molecule has 0 amide bonds. The van der Waals surface area contributed by atoms with E-state index in [-0.39, 0.29) is 10.9 Å². The average molecular weight is 266 g/mol. The molecule has 1 aliphatic carbocycles. The number of nitrogen functional groups attached to an aromatic ring is 1. The van der Waals surface area contributed by atoms with Crippen molar-refractivity contribution in [3.63, 3.8) is 0 Å². The summed E-state index contributed by atoms with van der Waals surface area (Å²) in [5, 5.41) is 0.676. The predicted molar refractivity (Wildman–Crippen MR) is 70.6 cm³/mol. The second kappa shape index (κ2) is 4.63. The zero-order valence-electron chi connectivity index (χ0n) is 10.3. The first-order chi connectivity index (χ1) is 8.70. The van der Waals surface area contributed by atoms with Crippen LogP contribution >= 0.6 is 0 Å². The van der Waals surface area contributed by atoms with Gasteiger partial charge in [-0.05, 0) is 44.2 Å². The van der Waals surface area contributed by atoms with E-state index in [0.29, 0.717) is 17.3 Å². The fourth-order valence-electron chi connectivity index (χ4n) is 2.81. The zero-order valence-corrected chi connectivity index (χ0v) is 11.1. The van der Waals surface area contributed by atoms with Gasteiger partial charge in [-0.1, -0.05) is 0 Å². The van der Waals surface area contributed by atoms with Gasteiger partial charge in [-0.2, -0.15) is 0 Å². The highest BCUT2D eigenvalue weighted by Crippen LogP contribution is 2.44. The van der Waals surface area contributed by atoms with Gasteiger partial charge < -0.3 is 10.5 Å². The molecule has 1 saturated carbocycles. The highest BCUT2D eigenvalue weighted by atomic mass is 32.2. The molecule has 5 heteroatoms. The third-order valence-corrected chi connectivity index (χ3v) is 5.74. The van der Waals surface area contributed by atoms with Crippen LogP contribution < -0.4 is 5.73 Å². The van der Waals surface area contributed by atoms with Crippen LogP contribution in [0, 0.1) is 0 Å². The molecular formula is C13H18N2O2S. The van der Waals surface area contributed by atoms with E-state index in [1.165, 1.54) is 6.42 Å². The number of nitrogens with zero attached hydrogens (tertiary/aromatic N) is 1. The maximum atomic E-state index is 12.6. The third kappa shape index (κ3) is 2.06. The fourth-order valence-corrected chi connectivity index (χ4v) is 4.36. The molecule has 1 aromatic heterocycles. The van der Waals surface area contributed by atoms with E-state index in [2.05, 4.69) is 4.98 Å². The number of rotatable bonds is 2. The predicted octanol–water partition coefficient (Wildman–Crippen LogP) is 1.87. The van der Waals surface area contributed by atoms with Crippen LogP contribution in [0.5, 0.6) is 0 Å². The van der Waals surface area contributed by atoms with Crippen LogP contribution in [-0.2, 0) is 15.5 Å². The molecule has 0 radical (unpaired) electrons. The summed E-state index contributed by atoms with van der Waals surface area (Å²) in [6.07, 6.45) is 6.82. The Kier molecular flexibility index (Phi) is 3.11. The van der Waals surface area contributed by atoms with Crippen LogP contribution in [0.4, 0.5) is 5.69 Å². The Morgan fingerprint density at radius 2 is 2.33 bits per heavy atom. The lowest BCUT2D eigenvalue weighted by atomic mass is 9.75. The summed E-state index contributed by atoms with van der Waals surface area (Å²) in [6, 6.07) is 3.53. The van der Waals surface area contributed by atoms with Gasteiger partial charge >= 0.3 is 0 Å². The minimum atomic E-state index is -1.11. The Hall–Kier alpha value is -0.940. The summed E-state index contributed by atoms with van der Waals surface area (Å²) in [4.78, 5) is 4.18. The van der Waals surface area contributed by atoms with Crippen molar-refractivity contribution in [3.05, 3.63) is 18.3 Å². The van der Waals surface area contributed by atoms with Crippen molar-refractivity contribution in [3.8, 4) is 0 Å². The molecule has 1 aliphatic heterocycles. The molecule has 2 unspecified atom stereocenters. The van der Waals surface area contributed by atoms with Gasteiger partial charge in [-0.15, -0.1) is 0 Å². The topological polar surface area (TPSA) is 65.2 Å². The van der Waals surface area contributed by atoms with E-state index in [1.54, 1.807) is 18.3 Å². The van der Waals surface area contributed by atoms with E-state index in [1.807, 2.05) is 0 Å². The molecule has 0 bridgehead atoms. The Morgan fingerprint density at radius 1 is 1.50 bits per heavy atom. The number of nitrogens with two attached hydrogens (primary N) is 1. The van der Waals surface area contributed by atoms with Crippen LogP contribution in [0.1, 0.15) is 32.1 Å². The van der Waals surface area contributed by atoms with Gasteiger partial charge in [0.25, 0.3) is 0 Å². The molecule has 0 aromatic carbocycles. The maximum Gasteiger partial charge on any atom is 0.150 e. The molecule has 2 heterocycles. The summed E-state index contributed by atoms with van der Waals surface area (Å²) in [5.41, 5.74) is 6.40. The van der Waals surface area contributed by atoms with Gasteiger partial charge in [0.1, 0.15) is 5.03 Å². The van der Waals surface area contributed by atoms with Gasteiger partial charge in [0.05, 0.1) is 22.1 Å². The Balaban J connectivity index is 1.78. The first-order valence-corrected chi connectivity index (χ1v) is 7.67. The first-order valence-electron chi connectivity index (χ1n) is 6.45. The molecule has 3 rings (SSSR count). The summed E-state index contributed by atoms with van der Waals surface area (Å²) < 4.78 is 18.4. The molecule has 1 aromatic rings. The van der Waals surface area contributed by atoms with Gasteiger partial charge in [0.15, 0.2) is 0 Å². The number of hydrogen-bond acceptors (Lipinski definition) is 4. The third-order valence-electron chi connectivity index (χ3n) is 4.01. The lowest BCUT2D eigenvalue weighted by molar-refractivity contribution is -0.125. The average Bonchev–Trinajstić information content (AvgIpc) is 2.37. The van der Waals surface area contributed by atoms with Crippen molar-refractivity contribution in [2.24, 2.45) is 0 Å². The number of ether oxygens (including phenoxy) is 1. The standard InChI is InChI=1S/C13H18N2O2S/c14-11-3-1-7-15-12(11)18(16)10-4-8-17-13(9-10)5-2-6-13/h1,3,7,10H,2,4-6,8-9,14H2. The molecule has 2 atom stereocenters. The Labute approximate surface area is 109 Å². The summed E-state index contributed by atoms with van der Waals surface area (Å²) in [5.74, 6) is 0. The normalized spacial score (nSPS) is 27.7. The van der Waals surface area contributed by atoms with Gasteiger partial charge in [0, 0.05) is 18.1 Å². The molecule has 98 valence electrons. The monoisotopic (exact) mass is 266 g/mol. The molecular weight excluding hydrogens is 248 g/mol. The Bertz CT molecular complexity index is 474. The quantitative estimate of drug-likeness (QED) is 0.887. The van der Waals surface area contributed by atoms with Crippen molar-refractivity contribution < 1.29 is 8.95 Å². The van der Waals surface area contributed by atoms with Crippen LogP contribution in [0.25, 0.3) is 0 Å². The zero-order chi connectivity index (χ0) is 12.6. The maximum absolute atomic E-state index is 12.6. The molecule has 1 saturated heterocycles. The largest absolute Gasteiger partial charge is 0.396 e. The first kappa shape index (κ1) is 12.1. The van der Waals surface area contributed by atoms with E-state index < -0.39 is 10.8 Å². The smallest absolute Gasteiger partial charge is 0.150 e. The lowest BCUT2D eigenvalue weighted by Gasteiger charge is -2.46. The molecule has 2 aliphatic rings. The second-order valence-electron chi connectivity index (χ2n) is 5.20. The number of anilines is 1. The van der Waals surface area contributed by atoms with Crippen molar-refractivity contribution in [2.45, 2.75) is 48.0 Å². The molecule has 18 heavy (non-hydrogen) atoms. The number of aromatic nitrogens is 1. The van der Waals surface area contributed by atoms with Crippen molar-refractivity contribution >= 4 is 16.5 Å². The van der Waals surface area contributed by atoms with Gasteiger partial charge in [-0.3, -0.25) is 4.21 Å². The van der Waals surface area contributed by atoms with Gasteiger partial charge in [0.2, 0.25) is 0 Å². The van der Waals surface area contributed by atoms with E-state index >= 15 is 0 Å². The van der Waals surface area contributed by atoms with Crippen LogP contribution in [0.2, 0.25) is 0 Å². The highest BCUT2D eigenvalue weighted by molar-refractivity contribution is 7.85. The summed E-state index contributed by atoms with van der Waals surface area (Å²) in [6.45, 7) is 0.711. The van der Waals surface area contributed by atoms with Crippen LogP contribution in [0.3, 0.4) is 0 Å². The summed E-state index contributed by atoms with van der Waals surface area (Å²) in [7, 11) is -1.11. The van der Waals surface area contributed by atoms with Crippen molar-refractivity contribution in [1.29, 1.82) is 0 Å². The van der Waals surface area contributed by atoms with E-state index in [9.17, 15) is 4.21 Å². The van der Waals surface area contributed by atoms with Gasteiger partial charge in [-0.25, -0.2) is 4.98 Å². The second-order valence-corrected chi connectivity index (χ2v) is 6.84. The minimum absolute atomic E-state index is 0.0160. The van der Waals surface area contributed by atoms with E-state index in [0.717, 1.165) is 25.7 Å². The van der Waals surface area contributed by atoms with Crippen LogP contribution in [0.15, 0.2) is 23.4 Å². The molecule has 2 N–H and O–H groups in total. The fraction of sp³-hybridized carbons (Fsp3) is 0.615. The number of hydrogen-bond donors (Lipinski definition) is 1. The van der Waals surface area contributed by atoms with E-state index in [4.69, 9.17) is 10.5 Å². The SMILES string of the molecule is Nc1cccnc1S(=O)C1CCOC2(CCC2)C1. The molecule has 1 spiro atoms. The lowest BCUT2D eigenvalue weighted by Crippen LogP contribution is -2.48. The molecule has 4 nitrogen and oxygen atoms in total. The highest BCUT2D eigenvalue weighted by Gasteiger charge is 2.44. The minimum Gasteiger partial charge on any atom is -0.396 e. The van der Waals surface area contributed by atoms with Crippen molar-refractivity contribution in [2.75, 3.05) is 12.3 Å². The number of pyridine rings is 1. The van der Waals surface area contributed by atoms with Crippen molar-refractivity contribution in [1.82, 2.24) is 4.98 Å². The molecule has 2 fully saturated rings. The Morgan fingerprint density at radius 3 is 3.00 bits per heavy atom. The van der Waals surface area contributed by atoms with Crippen LogP contribution in [-0.4, -0.2) is 26.7 Å².